The fourth-order valence-corrected chi connectivity index (χ4v) is 1.85. The molecule has 0 aliphatic carbocycles. The first kappa shape index (κ1) is 16.6. The van der Waals surface area contributed by atoms with E-state index >= 15 is 0 Å². The molecule has 1 heterocycles. The van der Waals surface area contributed by atoms with Crippen molar-refractivity contribution in [1.82, 2.24) is 14.9 Å². The predicted octanol–water partition coefficient (Wildman–Crippen LogP) is 0.717. The van der Waals surface area contributed by atoms with E-state index in [0.29, 0.717) is 18.7 Å². The summed E-state index contributed by atoms with van der Waals surface area (Å²) in [5.74, 6) is -1.97. The summed E-state index contributed by atoms with van der Waals surface area (Å²) in [5.41, 5.74) is 0. The number of carboxylic acids is 1. The number of carbonyl (C=O) groups excluding carboxylic acids is 1. The fraction of sp³-hybridized carbons (Fsp3) is 0.583. The van der Waals surface area contributed by atoms with E-state index in [9.17, 15) is 19.7 Å². The molecule has 0 aromatic carbocycles. The second-order valence-electron chi connectivity index (χ2n) is 4.66. The number of amides is 1. The number of carboxylic acid groups (broad SMARTS) is 1. The summed E-state index contributed by atoms with van der Waals surface area (Å²) in [4.78, 5) is 36.4. The van der Waals surface area contributed by atoms with Gasteiger partial charge in [0.1, 0.15) is 12.7 Å². The molecule has 0 aliphatic heterocycles. The van der Waals surface area contributed by atoms with Crippen molar-refractivity contribution in [1.29, 1.82) is 0 Å². The lowest BCUT2D eigenvalue weighted by Crippen LogP contribution is -2.35. The first-order valence-electron chi connectivity index (χ1n) is 6.52. The molecule has 1 aromatic rings. The smallest absolute Gasteiger partial charge is 0.381 e. The number of nitro groups is 1. The number of aryl methyl sites for hydroxylation is 1. The molecule has 1 amide bonds. The standard InChI is InChI=1S/C12H18N4O5/c1-3-4-9(12(18)19)5-13-11(17)7-15-6-10(16(20)21)14-8(15)2/h6,9H,3-5,7H2,1-2H3,(H,13,17)(H,18,19). The monoisotopic (exact) mass is 298 g/mol. The number of nitrogens with zero attached hydrogens (tertiary/aromatic N) is 3. The normalized spacial score (nSPS) is 11.9. The van der Waals surface area contributed by atoms with Gasteiger partial charge in [0.15, 0.2) is 0 Å². The number of hydrogen-bond acceptors (Lipinski definition) is 5. The Hall–Kier alpha value is -2.45. The SMILES string of the molecule is CCCC(CNC(=O)Cn1cc([N+](=O)[O-])nc1C)C(=O)O. The quantitative estimate of drug-likeness (QED) is 0.537. The van der Waals surface area contributed by atoms with Gasteiger partial charge in [0.25, 0.3) is 0 Å². The highest BCUT2D eigenvalue weighted by Crippen LogP contribution is 2.10. The molecule has 0 radical (unpaired) electrons. The molecule has 1 unspecified atom stereocenters. The van der Waals surface area contributed by atoms with Crippen molar-refractivity contribution in [3.05, 3.63) is 22.1 Å². The van der Waals surface area contributed by atoms with Crippen LogP contribution in [0.3, 0.4) is 0 Å². The molecule has 21 heavy (non-hydrogen) atoms. The minimum Gasteiger partial charge on any atom is -0.481 e. The summed E-state index contributed by atoms with van der Waals surface area (Å²) in [7, 11) is 0. The van der Waals surface area contributed by atoms with E-state index in [2.05, 4.69) is 10.3 Å². The van der Waals surface area contributed by atoms with Crippen molar-refractivity contribution in [2.75, 3.05) is 6.54 Å². The van der Waals surface area contributed by atoms with E-state index in [-0.39, 0.29) is 18.9 Å². The number of nitrogens with one attached hydrogen (secondary N) is 1. The highest BCUT2D eigenvalue weighted by molar-refractivity contribution is 5.77. The molecule has 0 saturated heterocycles. The van der Waals surface area contributed by atoms with Crippen molar-refractivity contribution >= 4 is 17.7 Å². The van der Waals surface area contributed by atoms with Gasteiger partial charge in [0.2, 0.25) is 11.7 Å². The molecule has 0 fully saturated rings. The minimum absolute atomic E-state index is 0.0395. The molecule has 0 bridgehead atoms. The van der Waals surface area contributed by atoms with Crippen molar-refractivity contribution in [2.24, 2.45) is 5.92 Å². The Bertz CT molecular complexity index is 540. The molecular weight excluding hydrogens is 280 g/mol. The Balaban J connectivity index is 2.57. The van der Waals surface area contributed by atoms with Gasteiger partial charge in [-0.15, -0.1) is 0 Å². The Morgan fingerprint density at radius 2 is 2.24 bits per heavy atom. The van der Waals surface area contributed by atoms with Crippen LogP contribution >= 0.6 is 0 Å². The summed E-state index contributed by atoms with van der Waals surface area (Å²) in [5, 5.41) is 22.1. The second-order valence-corrected chi connectivity index (χ2v) is 4.66. The third-order valence-corrected chi connectivity index (χ3v) is 3.00. The van der Waals surface area contributed by atoms with Gasteiger partial charge in [0.05, 0.1) is 5.92 Å². The molecule has 9 nitrogen and oxygen atoms in total. The summed E-state index contributed by atoms with van der Waals surface area (Å²) in [6, 6.07) is 0. The third-order valence-electron chi connectivity index (χ3n) is 3.00. The topological polar surface area (TPSA) is 127 Å². The number of aromatic nitrogens is 2. The van der Waals surface area contributed by atoms with Gasteiger partial charge in [-0.1, -0.05) is 13.3 Å². The first-order chi connectivity index (χ1) is 9.85. The van der Waals surface area contributed by atoms with Gasteiger partial charge in [-0.25, -0.2) is 0 Å². The van der Waals surface area contributed by atoms with Crippen LogP contribution in [0.2, 0.25) is 0 Å². The largest absolute Gasteiger partial charge is 0.481 e. The molecule has 1 atom stereocenters. The van der Waals surface area contributed by atoms with Crippen LogP contribution in [-0.2, 0) is 16.1 Å². The lowest BCUT2D eigenvalue weighted by atomic mass is 10.0. The molecular formula is C12H18N4O5. The Kier molecular flexibility index (Phi) is 5.82. The van der Waals surface area contributed by atoms with Crippen molar-refractivity contribution in [2.45, 2.75) is 33.2 Å². The molecule has 0 aliphatic rings. The summed E-state index contributed by atoms with van der Waals surface area (Å²) >= 11 is 0. The lowest BCUT2D eigenvalue weighted by molar-refractivity contribution is -0.389. The average Bonchev–Trinajstić information content (AvgIpc) is 2.76. The maximum atomic E-state index is 11.8. The van der Waals surface area contributed by atoms with Gasteiger partial charge >= 0.3 is 11.8 Å². The van der Waals surface area contributed by atoms with Gasteiger partial charge in [0, 0.05) is 13.5 Å². The average molecular weight is 298 g/mol. The highest BCUT2D eigenvalue weighted by atomic mass is 16.6. The van der Waals surface area contributed by atoms with E-state index < -0.39 is 22.7 Å². The minimum atomic E-state index is -0.952. The van der Waals surface area contributed by atoms with Crippen LogP contribution in [-0.4, -0.2) is 38.0 Å². The zero-order valence-electron chi connectivity index (χ0n) is 11.9. The van der Waals surface area contributed by atoms with Crippen molar-refractivity contribution in [3.8, 4) is 0 Å². The van der Waals surface area contributed by atoms with Gasteiger partial charge in [-0.2, -0.15) is 0 Å². The summed E-state index contributed by atoms with van der Waals surface area (Å²) in [6.07, 6.45) is 2.36. The zero-order chi connectivity index (χ0) is 16.0. The van der Waals surface area contributed by atoms with Crippen LogP contribution in [0.15, 0.2) is 6.20 Å². The van der Waals surface area contributed by atoms with E-state index in [4.69, 9.17) is 5.11 Å². The molecule has 116 valence electrons. The van der Waals surface area contributed by atoms with E-state index in [1.54, 1.807) is 6.92 Å². The lowest BCUT2D eigenvalue weighted by Gasteiger charge is -2.12. The third kappa shape index (κ3) is 4.86. The molecule has 0 saturated carbocycles. The maximum absolute atomic E-state index is 11.8. The first-order valence-corrected chi connectivity index (χ1v) is 6.52. The highest BCUT2D eigenvalue weighted by Gasteiger charge is 2.19. The van der Waals surface area contributed by atoms with Gasteiger partial charge < -0.3 is 20.5 Å². The van der Waals surface area contributed by atoms with E-state index in [1.165, 1.54) is 10.8 Å². The fourth-order valence-electron chi connectivity index (χ4n) is 1.85. The predicted molar refractivity (Wildman–Crippen MR) is 72.7 cm³/mol. The van der Waals surface area contributed by atoms with Crippen LogP contribution in [0.5, 0.6) is 0 Å². The van der Waals surface area contributed by atoms with Crippen LogP contribution < -0.4 is 5.32 Å². The van der Waals surface area contributed by atoms with Gasteiger partial charge in [-0.3, -0.25) is 14.2 Å². The molecule has 0 spiro atoms. The molecule has 1 rings (SSSR count). The second kappa shape index (κ2) is 7.36. The number of aliphatic carboxylic acids is 1. The number of hydrogen-bond donors (Lipinski definition) is 2. The van der Waals surface area contributed by atoms with Crippen LogP contribution in [0.25, 0.3) is 0 Å². The number of rotatable bonds is 8. The van der Waals surface area contributed by atoms with Crippen LogP contribution in [0.4, 0.5) is 5.82 Å². The molecule has 1 aromatic heterocycles. The summed E-state index contributed by atoms with van der Waals surface area (Å²) < 4.78 is 1.35. The zero-order valence-corrected chi connectivity index (χ0v) is 11.9. The van der Waals surface area contributed by atoms with E-state index in [1.807, 2.05) is 6.92 Å². The Morgan fingerprint density at radius 1 is 1.57 bits per heavy atom. The molecule has 9 heteroatoms. The van der Waals surface area contributed by atoms with Gasteiger partial charge in [-0.05, 0) is 16.3 Å². The number of carbonyl (C=O) groups is 2. The summed E-state index contributed by atoms with van der Waals surface area (Å²) in [6.45, 7) is 3.33. The van der Waals surface area contributed by atoms with Crippen molar-refractivity contribution in [3.63, 3.8) is 0 Å². The van der Waals surface area contributed by atoms with E-state index in [0.717, 1.165) is 0 Å². The Labute approximate surface area is 121 Å². The van der Waals surface area contributed by atoms with Crippen molar-refractivity contribution < 1.29 is 19.6 Å². The maximum Gasteiger partial charge on any atom is 0.381 e. The Morgan fingerprint density at radius 3 is 2.71 bits per heavy atom. The van der Waals surface area contributed by atoms with Crippen LogP contribution in [0, 0.1) is 23.0 Å². The molecule has 2 N–H and O–H groups in total. The number of imidazole rings is 1. The van der Waals surface area contributed by atoms with Crippen LogP contribution in [0.1, 0.15) is 25.6 Å².